The van der Waals surface area contributed by atoms with E-state index in [1.807, 2.05) is 30.3 Å². The lowest BCUT2D eigenvalue weighted by Crippen LogP contribution is -2.00. The van der Waals surface area contributed by atoms with Gasteiger partial charge in [-0.25, -0.2) is 4.79 Å². The van der Waals surface area contributed by atoms with Crippen molar-refractivity contribution < 1.29 is 14.3 Å². The van der Waals surface area contributed by atoms with E-state index in [2.05, 4.69) is 4.74 Å². The van der Waals surface area contributed by atoms with Crippen LogP contribution < -0.4 is 0 Å². The van der Waals surface area contributed by atoms with Crippen molar-refractivity contribution in [1.82, 2.24) is 0 Å². The Labute approximate surface area is 81.0 Å². The number of hydrogen-bond acceptors (Lipinski definition) is 3. The van der Waals surface area contributed by atoms with Gasteiger partial charge < -0.3 is 4.74 Å². The highest BCUT2D eigenvalue weighted by atomic mass is 16.5. The zero-order chi connectivity index (χ0) is 9.97. The van der Waals surface area contributed by atoms with Gasteiger partial charge in [0.05, 0.1) is 0 Å². The minimum absolute atomic E-state index is 0.127. The summed E-state index contributed by atoms with van der Waals surface area (Å²) in [4.78, 5) is 22.3. The summed E-state index contributed by atoms with van der Waals surface area (Å²) in [7, 11) is 0. The predicted molar refractivity (Wildman–Crippen MR) is 50.4 cm³/mol. The van der Waals surface area contributed by atoms with Gasteiger partial charge in [-0.15, -0.1) is 0 Å². The second-order valence-corrected chi connectivity index (χ2v) is 2.97. The van der Waals surface area contributed by atoms with Crippen molar-refractivity contribution in [2.45, 2.75) is 0 Å². The fourth-order valence-electron chi connectivity index (χ4n) is 1.26. The van der Waals surface area contributed by atoms with Crippen molar-refractivity contribution in [2.24, 2.45) is 0 Å². The smallest absolute Gasteiger partial charge is 0.342 e. The largest absolute Gasteiger partial charge is 0.454 e. The third-order valence-electron chi connectivity index (χ3n) is 1.97. The van der Waals surface area contributed by atoms with Gasteiger partial charge >= 0.3 is 5.97 Å². The van der Waals surface area contributed by atoms with Crippen LogP contribution in [0.3, 0.4) is 0 Å². The highest BCUT2D eigenvalue weighted by Gasteiger charge is 2.27. The zero-order valence-corrected chi connectivity index (χ0v) is 7.40. The molecular formula is C11H8O3. The average molecular weight is 188 g/mol. The van der Waals surface area contributed by atoms with E-state index in [0.29, 0.717) is 0 Å². The molecular weight excluding hydrogens is 180 g/mol. The summed E-state index contributed by atoms with van der Waals surface area (Å²) < 4.78 is 4.59. The minimum atomic E-state index is -0.529. The Hall–Kier alpha value is -1.90. The van der Waals surface area contributed by atoms with Gasteiger partial charge in [0.1, 0.15) is 5.57 Å². The number of ether oxygens (including phenoxy) is 1. The van der Waals surface area contributed by atoms with E-state index in [9.17, 15) is 9.59 Å². The Morgan fingerprint density at radius 2 is 1.86 bits per heavy atom. The topological polar surface area (TPSA) is 43.4 Å². The molecule has 0 unspecified atom stereocenters. The predicted octanol–water partition coefficient (Wildman–Crippen LogP) is 1.20. The highest BCUT2D eigenvalue weighted by molar-refractivity contribution is 6.24. The van der Waals surface area contributed by atoms with Crippen LogP contribution in [0.25, 0.3) is 6.08 Å². The van der Waals surface area contributed by atoms with Crippen LogP contribution in [0.2, 0.25) is 0 Å². The highest BCUT2D eigenvalue weighted by Crippen LogP contribution is 2.14. The molecule has 0 spiro atoms. The molecule has 3 nitrogen and oxygen atoms in total. The third kappa shape index (κ3) is 1.57. The molecule has 3 heteroatoms. The summed E-state index contributed by atoms with van der Waals surface area (Å²) in [6.45, 7) is -0.127. The number of rotatable bonds is 1. The number of Topliss-reactive ketones (excluding diaryl/α,β-unsaturated/α-hetero) is 1. The fraction of sp³-hybridized carbons (Fsp3) is 0.0909. The number of esters is 1. The molecule has 1 aromatic carbocycles. The normalized spacial score (nSPS) is 18.7. The molecule has 0 aromatic heterocycles. The number of cyclic esters (lactones) is 1. The molecule has 14 heavy (non-hydrogen) atoms. The van der Waals surface area contributed by atoms with Crippen LogP contribution in [0.1, 0.15) is 5.56 Å². The minimum Gasteiger partial charge on any atom is -0.454 e. The van der Waals surface area contributed by atoms with E-state index >= 15 is 0 Å². The van der Waals surface area contributed by atoms with Gasteiger partial charge in [-0.1, -0.05) is 30.3 Å². The number of carbonyl (C=O) groups excluding carboxylic acids is 2. The SMILES string of the molecule is O=C1COC(=O)C1=Cc1ccccc1. The molecule has 2 rings (SSSR count). The molecule has 1 heterocycles. The van der Waals surface area contributed by atoms with Crippen LogP contribution in [-0.2, 0) is 14.3 Å². The monoisotopic (exact) mass is 188 g/mol. The van der Waals surface area contributed by atoms with Gasteiger partial charge in [-0.05, 0) is 11.6 Å². The molecule has 0 aliphatic carbocycles. The molecule has 1 saturated heterocycles. The zero-order valence-electron chi connectivity index (χ0n) is 7.40. The molecule has 0 atom stereocenters. The molecule has 1 aromatic rings. The number of hydrogen-bond donors (Lipinski definition) is 0. The van der Waals surface area contributed by atoms with Gasteiger partial charge in [-0.2, -0.15) is 0 Å². The van der Waals surface area contributed by atoms with Crippen molar-refractivity contribution in [3.05, 3.63) is 41.5 Å². The molecule has 0 N–H and O–H groups in total. The summed E-state index contributed by atoms with van der Waals surface area (Å²) in [6.07, 6.45) is 1.55. The van der Waals surface area contributed by atoms with Crippen LogP contribution in [0, 0.1) is 0 Å². The van der Waals surface area contributed by atoms with Crippen molar-refractivity contribution in [2.75, 3.05) is 6.61 Å². The van der Waals surface area contributed by atoms with Crippen LogP contribution in [-0.4, -0.2) is 18.4 Å². The molecule has 1 aliphatic heterocycles. The fourth-order valence-corrected chi connectivity index (χ4v) is 1.26. The number of carbonyl (C=O) groups is 2. The van der Waals surface area contributed by atoms with Crippen molar-refractivity contribution in [3.63, 3.8) is 0 Å². The second-order valence-electron chi connectivity index (χ2n) is 2.97. The molecule has 1 aliphatic rings. The first kappa shape index (κ1) is 8.69. The second kappa shape index (κ2) is 3.46. The Bertz CT molecular complexity index is 386. The first-order valence-corrected chi connectivity index (χ1v) is 4.24. The summed E-state index contributed by atoms with van der Waals surface area (Å²) >= 11 is 0. The van der Waals surface area contributed by atoms with Crippen LogP contribution >= 0.6 is 0 Å². The van der Waals surface area contributed by atoms with Crippen molar-refractivity contribution >= 4 is 17.8 Å². The maximum absolute atomic E-state index is 11.2. The van der Waals surface area contributed by atoms with Gasteiger partial charge in [0.2, 0.25) is 5.78 Å². The maximum Gasteiger partial charge on any atom is 0.342 e. The Balaban J connectivity index is 2.35. The summed E-state index contributed by atoms with van der Waals surface area (Å²) in [6, 6.07) is 9.21. The van der Waals surface area contributed by atoms with Gasteiger partial charge in [0.25, 0.3) is 0 Å². The Morgan fingerprint density at radius 1 is 1.14 bits per heavy atom. The summed E-state index contributed by atoms with van der Waals surface area (Å²) in [5, 5.41) is 0. The van der Waals surface area contributed by atoms with Crippen LogP contribution in [0.5, 0.6) is 0 Å². The van der Waals surface area contributed by atoms with Gasteiger partial charge in [-0.3, -0.25) is 4.79 Å². The average Bonchev–Trinajstić information content (AvgIpc) is 2.51. The lowest BCUT2D eigenvalue weighted by Gasteiger charge is -1.92. The van der Waals surface area contributed by atoms with Crippen molar-refractivity contribution in [3.8, 4) is 0 Å². The lowest BCUT2D eigenvalue weighted by molar-refractivity contribution is -0.135. The van der Waals surface area contributed by atoms with E-state index in [4.69, 9.17) is 0 Å². The van der Waals surface area contributed by atoms with E-state index in [0.717, 1.165) is 5.56 Å². The number of ketones is 1. The first-order valence-electron chi connectivity index (χ1n) is 4.24. The molecule has 70 valence electrons. The molecule has 0 radical (unpaired) electrons. The van der Waals surface area contributed by atoms with E-state index in [1.54, 1.807) is 6.08 Å². The van der Waals surface area contributed by atoms with E-state index < -0.39 is 5.97 Å². The standard InChI is InChI=1S/C11H8O3/c12-10-7-14-11(13)9(10)6-8-4-2-1-3-5-8/h1-6H,7H2. The molecule has 0 saturated carbocycles. The molecule has 0 amide bonds. The van der Waals surface area contributed by atoms with Gasteiger partial charge in [0.15, 0.2) is 6.61 Å². The summed E-state index contributed by atoms with van der Waals surface area (Å²) in [5.41, 5.74) is 0.964. The quantitative estimate of drug-likeness (QED) is 0.378. The van der Waals surface area contributed by atoms with Crippen LogP contribution in [0.15, 0.2) is 35.9 Å². The summed E-state index contributed by atoms with van der Waals surface area (Å²) in [5.74, 6) is -0.780. The maximum atomic E-state index is 11.2. The molecule has 0 bridgehead atoms. The van der Waals surface area contributed by atoms with E-state index in [1.165, 1.54) is 0 Å². The first-order chi connectivity index (χ1) is 6.77. The van der Waals surface area contributed by atoms with Gasteiger partial charge in [0, 0.05) is 0 Å². The Kier molecular flexibility index (Phi) is 2.14. The third-order valence-corrected chi connectivity index (χ3v) is 1.97. The number of benzene rings is 1. The van der Waals surface area contributed by atoms with Crippen molar-refractivity contribution in [1.29, 1.82) is 0 Å². The molecule has 1 fully saturated rings. The van der Waals surface area contributed by atoms with Crippen LogP contribution in [0.4, 0.5) is 0 Å². The lowest BCUT2D eigenvalue weighted by atomic mass is 10.1. The van der Waals surface area contributed by atoms with E-state index in [-0.39, 0.29) is 18.0 Å². The Morgan fingerprint density at radius 3 is 2.43 bits per heavy atom.